The average molecular weight is 488 g/mol. The lowest BCUT2D eigenvalue weighted by Gasteiger charge is -2.18. The summed E-state index contributed by atoms with van der Waals surface area (Å²) >= 11 is 0. The third kappa shape index (κ3) is 4.40. The maximum absolute atomic E-state index is 14.6. The number of rotatable bonds is 8. The van der Waals surface area contributed by atoms with Crippen molar-refractivity contribution >= 4 is 5.78 Å². The van der Waals surface area contributed by atoms with Crippen LogP contribution >= 0.6 is 0 Å². The van der Waals surface area contributed by atoms with Crippen LogP contribution in [0.3, 0.4) is 0 Å². The zero-order chi connectivity index (χ0) is 25.2. The minimum absolute atomic E-state index is 0.194. The van der Waals surface area contributed by atoms with Crippen molar-refractivity contribution in [2.24, 2.45) is 0 Å². The van der Waals surface area contributed by atoms with Gasteiger partial charge in [0.15, 0.2) is 5.82 Å². The maximum Gasteiger partial charge on any atom is 0.268 e. The first-order chi connectivity index (χ1) is 17.5. The number of hydrogen-bond acceptors (Lipinski definition) is 6. The number of methoxy groups -OCH3 is 1. The fraction of sp³-hybridized carbons (Fsp3) is 0.222. The number of benzene rings is 2. The third-order valence-corrected chi connectivity index (χ3v) is 6.20. The average Bonchev–Trinajstić information content (AvgIpc) is 3.53. The summed E-state index contributed by atoms with van der Waals surface area (Å²) in [5, 5.41) is 8.72. The summed E-state index contributed by atoms with van der Waals surface area (Å²) in [5.41, 5.74) is 2.08. The molecule has 9 heteroatoms. The molecular weight excluding hydrogens is 461 g/mol. The van der Waals surface area contributed by atoms with Crippen LogP contribution in [0.1, 0.15) is 22.8 Å². The Morgan fingerprint density at radius 2 is 1.89 bits per heavy atom. The van der Waals surface area contributed by atoms with E-state index < -0.39 is 0 Å². The van der Waals surface area contributed by atoms with Gasteiger partial charge in [-0.05, 0) is 49.9 Å². The first-order valence-electron chi connectivity index (χ1n) is 11.5. The van der Waals surface area contributed by atoms with Crippen molar-refractivity contribution in [1.82, 2.24) is 24.1 Å². The molecule has 0 fully saturated rings. The van der Waals surface area contributed by atoms with E-state index in [4.69, 9.17) is 9.15 Å². The number of ether oxygens (including phenoxy) is 1. The molecule has 36 heavy (non-hydrogen) atoms. The third-order valence-electron chi connectivity index (χ3n) is 6.20. The molecule has 0 aliphatic rings. The highest BCUT2D eigenvalue weighted by atomic mass is 19.1. The van der Waals surface area contributed by atoms with Gasteiger partial charge in [0.25, 0.3) is 5.56 Å². The van der Waals surface area contributed by atoms with E-state index in [1.54, 1.807) is 31.6 Å². The predicted molar refractivity (Wildman–Crippen MR) is 133 cm³/mol. The van der Waals surface area contributed by atoms with Crippen LogP contribution in [-0.2, 0) is 19.6 Å². The van der Waals surface area contributed by atoms with Gasteiger partial charge in [-0.25, -0.2) is 8.79 Å². The fourth-order valence-electron chi connectivity index (χ4n) is 4.41. The second-order valence-corrected chi connectivity index (χ2v) is 8.68. The number of hydrogen-bond donors (Lipinski definition) is 0. The molecule has 0 bridgehead atoms. The van der Waals surface area contributed by atoms with E-state index in [1.807, 2.05) is 59.8 Å². The van der Waals surface area contributed by atoms with Crippen molar-refractivity contribution in [3.8, 4) is 16.9 Å². The second kappa shape index (κ2) is 9.79. The molecule has 5 aromatic rings. The van der Waals surface area contributed by atoms with Gasteiger partial charge in [-0.1, -0.05) is 30.3 Å². The molecular formula is C27H26FN5O3. The number of furan rings is 1. The van der Waals surface area contributed by atoms with Gasteiger partial charge in [0.05, 0.1) is 38.6 Å². The van der Waals surface area contributed by atoms with Crippen LogP contribution in [0.5, 0.6) is 5.75 Å². The molecule has 0 unspecified atom stereocenters. The van der Waals surface area contributed by atoms with Gasteiger partial charge in [0.2, 0.25) is 5.78 Å². The van der Waals surface area contributed by atoms with Gasteiger partial charge in [-0.2, -0.15) is 0 Å². The smallest absolute Gasteiger partial charge is 0.268 e. The first-order valence-corrected chi connectivity index (χ1v) is 11.5. The number of fused-ring (bicyclic) bond motifs is 1. The molecule has 0 aliphatic heterocycles. The van der Waals surface area contributed by atoms with Crippen molar-refractivity contribution in [3.63, 3.8) is 0 Å². The lowest BCUT2D eigenvalue weighted by molar-refractivity contribution is 0.280. The highest BCUT2D eigenvalue weighted by Gasteiger charge is 2.22. The molecule has 0 N–H and O–H groups in total. The highest BCUT2D eigenvalue weighted by Crippen LogP contribution is 2.26. The lowest BCUT2D eigenvalue weighted by atomic mass is 10.0. The molecule has 5 rings (SSSR count). The van der Waals surface area contributed by atoms with Gasteiger partial charge >= 0.3 is 0 Å². The molecule has 3 aromatic heterocycles. The Kier molecular flexibility index (Phi) is 6.39. The topological polar surface area (TPSA) is 77.8 Å². The molecule has 0 radical (unpaired) electrons. The molecule has 0 spiro atoms. The van der Waals surface area contributed by atoms with Crippen LogP contribution < -0.4 is 10.3 Å². The van der Waals surface area contributed by atoms with E-state index in [2.05, 4.69) is 10.2 Å². The maximum atomic E-state index is 14.6. The summed E-state index contributed by atoms with van der Waals surface area (Å²) in [6.07, 6.45) is 1.63. The highest BCUT2D eigenvalue weighted by molar-refractivity contribution is 5.68. The molecule has 2 aromatic carbocycles. The van der Waals surface area contributed by atoms with Crippen molar-refractivity contribution in [2.45, 2.75) is 26.6 Å². The minimum Gasteiger partial charge on any atom is -0.497 e. The molecule has 184 valence electrons. The molecule has 8 nitrogen and oxygen atoms in total. The summed E-state index contributed by atoms with van der Waals surface area (Å²) in [4.78, 5) is 15.9. The van der Waals surface area contributed by atoms with Gasteiger partial charge in [0, 0.05) is 11.3 Å². The zero-order valence-corrected chi connectivity index (χ0v) is 20.3. The van der Waals surface area contributed by atoms with E-state index in [0.717, 1.165) is 5.76 Å². The van der Waals surface area contributed by atoms with Crippen molar-refractivity contribution in [2.75, 3.05) is 14.2 Å². The molecule has 0 saturated carbocycles. The van der Waals surface area contributed by atoms with E-state index in [9.17, 15) is 9.18 Å². The first kappa shape index (κ1) is 23.5. The van der Waals surface area contributed by atoms with Gasteiger partial charge in [0.1, 0.15) is 17.3 Å². The van der Waals surface area contributed by atoms with Crippen LogP contribution in [0.15, 0.2) is 76.1 Å². The number of aromatic nitrogens is 4. The van der Waals surface area contributed by atoms with Crippen LogP contribution in [-0.4, -0.2) is 38.2 Å². The predicted octanol–water partition coefficient (Wildman–Crippen LogP) is 4.29. The summed E-state index contributed by atoms with van der Waals surface area (Å²) in [6.45, 7) is 2.94. The monoisotopic (exact) mass is 487 g/mol. The van der Waals surface area contributed by atoms with Crippen molar-refractivity contribution in [3.05, 3.63) is 106 Å². The quantitative estimate of drug-likeness (QED) is 0.325. The molecule has 0 amide bonds. The number of halogens is 1. The SMILES string of the molecule is COc1cccc(-c2c(C)n(Cc3ccccc3F)c3nnc(CN(C)Cc4ccco4)n3c2=O)c1. The lowest BCUT2D eigenvalue weighted by Crippen LogP contribution is -2.27. The van der Waals surface area contributed by atoms with Gasteiger partial charge in [-0.3, -0.25) is 9.69 Å². The van der Waals surface area contributed by atoms with E-state index in [-0.39, 0.29) is 17.9 Å². The van der Waals surface area contributed by atoms with Crippen LogP contribution in [0.25, 0.3) is 16.9 Å². The van der Waals surface area contributed by atoms with Gasteiger partial charge in [-0.15, -0.1) is 10.2 Å². The Hall–Kier alpha value is -4.24. The van der Waals surface area contributed by atoms with Crippen LogP contribution in [0.4, 0.5) is 4.39 Å². The minimum atomic E-state index is -0.324. The number of nitrogens with zero attached hydrogens (tertiary/aromatic N) is 5. The van der Waals surface area contributed by atoms with E-state index >= 15 is 0 Å². The van der Waals surface area contributed by atoms with Crippen molar-refractivity contribution < 1.29 is 13.5 Å². The van der Waals surface area contributed by atoms with Crippen LogP contribution in [0, 0.1) is 12.7 Å². The Bertz CT molecular complexity index is 1570. The summed E-state index contributed by atoms with van der Waals surface area (Å²) < 4.78 is 28.8. The van der Waals surface area contributed by atoms with Crippen molar-refractivity contribution in [1.29, 1.82) is 0 Å². The summed E-state index contributed by atoms with van der Waals surface area (Å²) in [7, 11) is 3.50. The normalized spacial score (nSPS) is 11.5. The standard InChI is InChI=1S/C27H26FN5O3/c1-18-25(19-9-6-10-21(14-19)35-3)26(34)33-24(17-31(2)16-22-11-7-13-36-22)29-30-27(33)32(18)15-20-8-4-5-12-23(20)28/h4-14H,15-17H2,1-3H3. The van der Waals surface area contributed by atoms with E-state index in [0.29, 0.717) is 52.8 Å². The fourth-order valence-corrected chi connectivity index (χ4v) is 4.41. The molecule has 0 atom stereocenters. The largest absolute Gasteiger partial charge is 0.497 e. The van der Waals surface area contributed by atoms with Gasteiger partial charge < -0.3 is 13.7 Å². The summed E-state index contributed by atoms with van der Waals surface area (Å²) in [5.74, 6) is 1.95. The zero-order valence-electron chi connectivity index (χ0n) is 20.3. The van der Waals surface area contributed by atoms with Crippen LogP contribution in [0.2, 0.25) is 0 Å². The molecule has 3 heterocycles. The second-order valence-electron chi connectivity index (χ2n) is 8.68. The Labute approximate surface area is 207 Å². The van der Waals surface area contributed by atoms with E-state index in [1.165, 1.54) is 10.5 Å². The molecule has 0 saturated heterocycles. The Morgan fingerprint density at radius 1 is 1.06 bits per heavy atom. The molecule has 0 aliphatic carbocycles. The Balaban J connectivity index is 1.68. The summed E-state index contributed by atoms with van der Waals surface area (Å²) in [6, 6.07) is 17.6. The Morgan fingerprint density at radius 3 is 2.64 bits per heavy atom.